The van der Waals surface area contributed by atoms with Gasteiger partial charge in [-0.3, -0.25) is 14.5 Å². The minimum absolute atomic E-state index is 0.0874. The summed E-state index contributed by atoms with van der Waals surface area (Å²) in [4.78, 5) is 35.8. The van der Waals surface area contributed by atoms with Gasteiger partial charge in [0.15, 0.2) is 5.17 Å². The quantitative estimate of drug-likeness (QED) is 0.681. The van der Waals surface area contributed by atoms with Gasteiger partial charge in [-0.15, -0.1) is 0 Å². The summed E-state index contributed by atoms with van der Waals surface area (Å²) in [7, 11) is 0. The molecule has 1 atom stereocenters. The van der Waals surface area contributed by atoms with E-state index in [0.717, 1.165) is 15.9 Å². The Hall–Kier alpha value is -2.71. The molecular formula is C20H18N4O2S2. The van der Waals surface area contributed by atoms with Crippen molar-refractivity contribution >= 4 is 61.1 Å². The van der Waals surface area contributed by atoms with Crippen LogP contribution in [0, 0.1) is 0 Å². The normalized spacial score (nSPS) is 18.2. The number of thiazole rings is 1. The lowest BCUT2D eigenvalue weighted by Crippen LogP contribution is -2.33. The van der Waals surface area contributed by atoms with Gasteiger partial charge in [0.1, 0.15) is 5.25 Å². The number of benzene rings is 2. The number of fused-ring (bicyclic) bond motifs is 1. The number of aromatic nitrogens is 1. The maximum Gasteiger partial charge on any atom is 0.242 e. The van der Waals surface area contributed by atoms with E-state index in [0.29, 0.717) is 16.8 Å². The molecule has 1 aromatic heterocycles. The van der Waals surface area contributed by atoms with Crippen molar-refractivity contribution in [2.75, 3.05) is 11.9 Å². The van der Waals surface area contributed by atoms with E-state index in [1.54, 1.807) is 4.90 Å². The van der Waals surface area contributed by atoms with Gasteiger partial charge in [0, 0.05) is 18.7 Å². The first-order valence-electron chi connectivity index (χ1n) is 8.91. The van der Waals surface area contributed by atoms with Crippen LogP contribution in [0.25, 0.3) is 10.2 Å². The van der Waals surface area contributed by atoms with Crippen LogP contribution in [-0.4, -0.2) is 38.7 Å². The van der Waals surface area contributed by atoms with Crippen LogP contribution in [0.4, 0.5) is 10.8 Å². The van der Waals surface area contributed by atoms with Gasteiger partial charge in [-0.1, -0.05) is 53.4 Å². The van der Waals surface area contributed by atoms with Crippen molar-refractivity contribution in [3.63, 3.8) is 0 Å². The zero-order valence-corrected chi connectivity index (χ0v) is 16.8. The van der Waals surface area contributed by atoms with Crippen molar-refractivity contribution in [2.24, 2.45) is 4.99 Å². The predicted octanol–water partition coefficient (Wildman–Crippen LogP) is 4.28. The van der Waals surface area contributed by atoms with Crippen molar-refractivity contribution in [1.29, 1.82) is 0 Å². The summed E-state index contributed by atoms with van der Waals surface area (Å²) in [5, 5.41) is 3.57. The molecule has 4 rings (SSSR count). The number of aliphatic imine (C=N–C) groups is 1. The van der Waals surface area contributed by atoms with Crippen LogP contribution in [0.15, 0.2) is 59.6 Å². The Kier molecular flexibility index (Phi) is 5.40. The van der Waals surface area contributed by atoms with E-state index in [9.17, 15) is 9.59 Å². The number of hydrogen-bond donors (Lipinski definition) is 1. The molecule has 1 aliphatic rings. The monoisotopic (exact) mass is 410 g/mol. The molecule has 6 nitrogen and oxygen atoms in total. The fourth-order valence-electron chi connectivity index (χ4n) is 2.91. The van der Waals surface area contributed by atoms with Crippen LogP contribution in [-0.2, 0) is 9.59 Å². The molecule has 1 aliphatic heterocycles. The first-order chi connectivity index (χ1) is 13.6. The molecule has 1 N–H and O–H groups in total. The molecule has 1 saturated heterocycles. The number of anilines is 1. The minimum Gasteiger partial charge on any atom is -0.326 e. The lowest BCUT2D eigenvalue weighted by Gasteiger charge is -2.12. The number of amidine groups is 1. The number of nitrogens with zero attached hydrogens (tertiary/aromatic N) is 3. The van der Waals surface area contributed by atoms with Crippen molar-refractivity contribution < 1.29 is 9.59 Å². The van der Waals surface area contributed by atoms with E-state index < -0.39 is 5.25 Å². The maximum atomic E-state index is 12.7. The number of amides is 2. The van der Waals surface area contributed by atoms with E-state index >= 15 is 0 Å². The molecule has 3 aromatic rings. The van der Waals surface area contributed by atoms with Gasteiger partial charge in [0.25, 0.3) is 0 Å². The van der Waals surface area contributed by atoms with Crippen LogP contribution in [0.3, 0.4) is 0 Å². The van der Waals surface area contributed by atoms with Crippen LogP contribution >= 0.6 is 23.1 Å². The highest BCUT2D eigenvalue weighted by Crippen LogP contribution is 2.34. The molecule has 28 heavy (non-hydrogen) atoms. The average Bonchev–Trinajstić information content (AvgIpc) is 3.23. The molecule has 0 bridgehead atoms. The van der Waals surface area contributed by atoms with Gasteiger partial charge >= 0.3 is 0 Å². The SMILES string of the molecule is CCN1C(=O)[C@@H](CC(=O)Nc2ccccc2)SC1=Nc1nc2ccccc2s1. The van der Waals surface area contributed by atoms with E-state index in [4.69, 9.17) is 0 Å². The van der Waals surface area contributed by atoms with Gasteiger partial charge in [-0.25, -0.2) is 4.98 Å². The lowest BCUT2D eigenvalue weighted by molar-refractivity contribution is -0.128. The van der Waals surface area contributed by atoms with Gasteiger partial charge in [-0.2, -0.15) is 4.99 Å². The molecule has 1 fully saturated rings. The van der Waals surface area contributed by atoms with Gasteiger partial charge in [0.2, 0.25) is 16.9 Å². The highest BCUT2D eigenvalue weighted by atomic mass is 32.2. The summed E-state index contributed by atoms with van der Waals surface area (Å²) < 4.78 is 1.05. The highest BCUT2D eigenvalue weighted by molar-refractivity contribution is 8.15. The Bertz CT molecular complexity index is 1020. The number of carbonyl (C=O) groups excluding carboxylic acids is 2. The molecule has 2 heterocycles. The Morgan fingerprint density at radius 3 is 2.68 bits per heavy atom. The smallest absolute Gasteiger partial charge is 0.242 e. The standard InChI is InChI=1S/C20H18N4O2S2/c1-2-24-18(26)16(12-17(25)21-13-8-4-3-5-9-13)28-20(24)23-19-22-14-10-6-7-11-15(14)27-19/h3-11,16H,2,12H2,1H3,(H,21,25)/t16-/m1/s1. The van der Waals surface area contributed by atoms with Crippen molar-refractivity contribution in [3.8, 4) is 0 Å². The Morgan fingerprint density at radius 2 is 1.93 bits per heavy atom. The molecule has 0 aliphatic carbocycles. The topological polar surface area (TPSA) is 74.7 Å². The molecule has 142 valence electrons. The molecule has 0 saturated carbocycles. The first-order valence-corrected chi connectivity index (χ1v) is 10.6. The summed E-state index contributed by atoms with van der Waals surface area (Å²) in [5.41, 5.74) is 1.61. The van der Waals surface area contributed by atoms with Crippen LogP contribution in [0.1, 0.15) is 13.3 Å². The number of nitrogens with one attached hydrogen (secondary N) is 1. The third-order valence-corrected chi connectivity index (χ3v) is 6.34. The number of carbonyl (C=O) groups is 2. The Balaban J connectivity index is 1.50. The molecule has 8 heteroatoms. The molecule has 0 unspecified atom stereocenters. The summed E-state index contributed by atoms with van der Waals surface area (Å²) in [6, 6.07) is 17.1. The highest BCUT2D eigenvalue weighted by Gasteiger charge is 2.38. The number of para-hydroxylation sites is 2. The lowest BCUT2D eigenvalue weighted by atomic mass is 10.2. The summed E-state index contributed by atoms with van der Waals surface area (Å²) in [6.07, 6.45) is 0.105. The number of thioether (sulfide) groups is 1. The van der Waals surface area contributed by atoms with E-state index in [1.165, 1.54) is 23.1 Å². The zero-order valence-electron chi connectivity index (χ0n) is 15.2. The number of rotatable bonds is 5. The van der Waals surface area contributed by atoms with Gasteiger partial charge in [-0.05, 0) is 31.2 Å². The van der Waals surface area contributed by atoms with Gasteiger partial charge < -0.3 is 5.32 Å². The average molecular weight is 411 g/mol. The second kappa shape index (κ2) is 8.12. The van der Waals surface area contributed by atoms with Crippen molar-refractivity contribution in [3.05, 3.63) is 54.6 Å². The van der Waals surface area contributed by atoms with Crippen LogP contribution in [0.2, 0.25) is 0 Å². The van der Waals surface area contributed by atoms with Crippen molar-refractivity contribution in [2.45, 2.75) is 18.6 Å². The third-order valence-electron chi connectivity index (χ3n) is 4.24. The van der Waals surface area contributed by atoms with Gasteiger partial charge in [0.05, 0.1) is 10.2 Å². The van der Waals surface area contributed by atoms with E-state index in [1.807, 2.05) is 61.5 Å². The molecule has 2 amide bonds. The largest absolute Gasteiger partial charge is 0.326 e. The van der Waals surface area contributed by atoms with E-state index in [-0.39, 0.29) is 18.2 Å². The second-order valence-corrected chi connectivity index (χ2v) is 8.34. The maximum absolute atomic E-state index is 12.7. The number of hydrogen-bond acceptors (Lipinski definition) is 6. The van der Waals surface area contributed by atoms with E-state index in [2.05, 4.69) is 15.3 Å². The summed E-state index contributed by atoms with van der Waals surface area (Å²) in [5.74, 6) is -0.273. The Morgan fingerprint density at radius 1 is 1.18 bits per heavy atom. The second-order valence-electron chi connectivity index (χ2n) is 6.17. The Labute approximate surface area is 170 Å². The first kappa shape index (κ1) is 18.6. The minimum atomic E-state index is -0.475. The summed E-state index contributed by atoms with van der Waals surface area (Å²) in [6.45, 7) is 2.41. The third kappa shape index (κ3) is 3.93. The molecule has 0 radical (unpaired) electrons. The molecular weight excluding hydrogens is 392 g/mol. The van der Waals surface area contributed by atoms with Crippen LogP contribution in [0.5, 0.6) is 0 Å². The zero-order chi connectivity index (χ0) is 19.5. The summed E-state index contributed by atoms with van der Waals surface area (Å²) >= 11 is 2.81. The van der Waals surface area contributed by atoms with Crippen molar-refractivity contribution in [1.82, 2.24) is 9.88 Å². The molecule has 2 aromatic carbocycles. The fraction of sp³-hybridized carbons (Fsp3) is 0.200. The van der Waals surface area contributed by atoms with Crippen LogP contribution < -0.4 is 5.32 Å². The fourth-order valence-corrected chi connectivity index (χ4v) is 5.01. The molecule has 0 spiro atoms. The predicted molar refractivity (Wildman–Crippen MR) is 115 cm³/mol.